The maximum atomic E-state index is 12.9. The van der Waals surface area contributed by atoms with E-state index in [2.05, 4.69) is 16.4 Å². The summed E-state index contributed by atoms with van der Waals surface area (Å²) >= 11 is 1.67. The second-order valence-corrected chi connectivity index (χ2v) is 7.96. The van der Waals surface area contributed by atoms with Crippen molar-refractivity contribution in [2.45, 2.75) is 0 Å². The first-order valence-electron chi connectivity index (χ1n) is 9.79. The molecule has 0 atom stereocenters. The van der Waals surface area contributed by atoms with Crippen LogP contribution in [0.4, 0.5) is 5.69 Å². The van der Waals surface area contributed by atoms with Crippen LogP contribution in [0, 0.1) is 0 Å². The Labute approximate surface area is 183 Å². The number of fused-ring (bicyclic) bond motifs is 1. The highest BCUT2D eigenvalue weighted by Gasteiger charge is 2.13. The van der Waals surface area contributed by atoms with Crippen LogP contribution >= 0.6 is 11.3 Å². The second-order valence-electron chi connectivity index (χ2n) is 7.02. The Bertz CT molecular complexity index is 1320. The van der Waals surface area contributed by atoms with E-state index in [1.54, 1.807) is 18.4 Å². The fourth-order valence-corrected chi connectivity index (χ4v) is 4.19. The van der Waals surface area contributed by atoms with E-state index in [1.165, 1.54) is 4.88 Å². The minimum Gasteiger partial charge on any atom is -0.495 e. The van der Waals surface area contributed by atoms with E-state index in [0.717, 1.165) is 22.5 Å². The molecule has 3 heterocycles. The Morgan fingerprint density at radius 3 is 2.58 bits per heavy atom. The number of nitrogens with zero attached hydrogens (tertiary/aromatic N) is 2. The van der Waals surface area contributed by atoms with Gasteiger partial charge >= 0.3 is 0 Å². The summed E-state index contributed by atoms with van der Waals surface area (Å²) in [5, 5.41) is 5.02. The lowest BCUT2D eigenvalue weighted by atomic mass is 10.1. The average Bonchev–Trinajstić information content (AvgIpc) is 3.49. The molecule has 0 bridgehead atoms. The van der Waals surface area contributed by atoms with Gasteiger partial charge in [0.1, 0.15) is 11.4 Å². The third kappa shape index (κ3) is 3.81. The van der Waals surface area contributed by atoms with Crippen LogP contribution in [-0.4, -0.2) is 22.4 Å². The van der Waals surface area contributed by atoms with Crippen molar-refractivity contribution in [3.8, 4) is 27.4 Å². The van der Waals surface area contributed by atoms with Crippen LogP contribution in [0.5, 0.6) is 5.75 Å². The number of pyridine rings is 1. The molecular formula is C25H19N3O2S. The van der Waals surface area contributed by atoms with Crippen molar-refractivity contribution < 1.29 is 9.53 Å². The normalized spacial score (nSPS) is 10.9. The van der Waals surface area contributed by atoms with Gasteiger partial charge in [-0.2, -0.15) is 0 Å². The quantitative estimate of drug-likeness (QED) is 0.376. The molecule has 152 valence electrons. The largest absolute Gasteiger partial charge is 0.495 e. The number of amides is 1. The number of aromatic nitrogens is 2. The van der Waals surface area contributed by atoms with E-state index in [0.29, 0.717) is 17.0 Å². The minimum absolute atomic E-state index is 0.191. The van der Waals surface area contributed by atoms with Crippen LogP contribution in [0.15, 0.2) is 90.6 Å². The summed E-state index contributed by atoms with van der Waals surface area (Å²) < 4.78 is 7.43. The number of anilines is 1. The molecule has 2 aromatic carbocycles. The Morgan fingerprint density at radius 1 is 1.00 bits per heavy atom. The van der Waals surface area contributed by atoms with E-state index in [1.807, 2.05) is 88.9 Å². The van der Waals surface area contributed by atoms with Gasteiger partial charge in [0.15, 0.2) is 0 Å². The lowest BCUT2D eigenvalue weighted by Crippen LogP contribution is -2.12. The smallest absolute Gasteiger partial charge is 0.255 e. The summed E-state index contributed by atoms with van der Waals surface area (Å²) in [5.74, 6) is 0.402. The monoisotopic (exact) mass is 425 g/mol. The van der Waals surface area contributed by atoms with Gasteiger partial charge in [0.2, 0.25) is 0 Å². The number of methoxy groups -OCH3 is 1. The van der Waals surface area contributed by atoms with Gasteiger partial charge in [-0.1, -0.05) is 24.3 Å². The maximum absolute atomic E-state index is 12.9. The lowest BCUT2D eigenvalue weighted by molar-refractivity contribution is 0.102. The molecule has 5 rings (SSSR count). The van der Waals surface area contributed by atoms with Gasteiger partial charge in [0.25, 0.3) is 5.91 Å². The van der Waals surface area contributed by atoms with Crippen molar-refractivity contribution in [3.05, 3.63) is 96.1 Å². The molecule has 0 spiro atoms. The predicted molar refractivity (Wildman–Crippen MR) is 125 cm³/mol. The van der Waals surface area contributed by atoms with Crippen molar-refractivity contribution in [3.63, 3.8) is 0 Å². The summed E-state index contributed by atoms with van der Waals surface area (Å²) in [7, 11) is 1.59. The van der Waals surface area contributed by atoms with Crippen molar-refractivity contribution in [2.75, 3.05) is 12.4 Å². The number of hydrogen-bond donors (Lipinski definition) is 1. The maximum Gasteiger partial charge on any atom is 0.255 e. The molecule has 0 saturated heterocycles. The van der Waals surface area contributed by atoms with Crippen LogP contribution in [0.25, 0.3) is 27.3 Å². The van der Waals surface area contributed by atoms with Crippen molar-refractivity contribution >= 4 is 28.6 Å². The number of imidazole rings is 1. The molecule has 0 unspecified atom stereocenters. The molecule has 0 radical (unpaired) electrons. The Morgan fingerprint density at radius 2 is 1.84 bits per heavy atom. The number of nitrogens with one attached hydrogen (secondary N) is 1. The van der Waals surface area contributed by atoms with Crippen LogP contribution in [0.1, 0.15) is 10.4 Å². The molecule has 5 nitrogen and oxygen atoms in total. The van der Waals surface area contributed by atoms with Crippen LogP contribution < -0.4 is 10.1 Å². The zero-order chi connectivity index (χ0) is 21.2. The summed E-state index contributed by atoms with van der Waals surface area (Å²) in [4.78, 5) is 18.7. The van der Waals surface area contributed by atoms with Gasteiger partial charge in [-0.15, -0.1) is 11.3 Å². The molecule has 0 fully saturated rings. The molecule has 1 amide bonds. The molecule has 0 saturated carbocycles. The molecule has 1 N–H and O–H groups in total. The number of thiophene rings is 1. The zero-order valence-electron chi connectivity index (χ0n) is 16.8. The SMILES string of the molecule is COc1ccc(-c2cn3ccccc3n2)cc1NC(=O)c1ccc(-c2cccs2)cc1. The van der Waals surface area contributed by atoms with Gasteiger partial charge in [0, 0.05) is 28.4 Å². The number of benzene rings is 2. The molecule has 5 aromatic rings. The lowest BCUT2D eigenvalue weighted by Gasteiger charge is -2.12. The minimum atomic E-state index is -0.191. The van der Waals surface area contributed by atoms with Gasteiger partial charge < -0.3 is 14.5 Å². The summed E-state index contributed by atoms with van der Waals surface area (Å²) in [6, 6.07) is 23.2. The molecule has 6 heteroatoms. The van der Waals surface area contributed by atoms with Gasteiger partial charge in [0.05, 0.1) is 18.5 Å². The van der Waals surface area contributed by atoms with Gasteiger partial charge in [-0.25, -0.2) is 4.98 Å². The van der Waals surface area contributed by atoms with Gasteiger partial charge in [-0.3, -0.25) is 4.79 Å². The number of rotatable bonds is 5. The van der Waals surface area contributed by atoms with E-state index < -0.39 is 0 Å². The summed E-state index contributed by atoms with van der Waals surface area (Å²) in [5.41, 5.74) is 4.87. The van der Waals surface area contributed by atoms with E-state index >= 15 is 0 Å². The Hall–Kier alpha value is -3.90. The third-order valence-corrected chi connectivity index (χ3v) is 5.98. The fraction of sp³-hybridized carbons (Fsp3) is 0.0400. The van der Waals surface area contributed by atoms with Crippen LogP contribution in [-0.2, 0) is 0 Å². The topological polar surface area (TPSA) is 55.6 Å². The highest BCUT2D eigenvalue weighted by atomic mass is 32.1. The van der Waals surface area contributed by atoms with Crippen LogP contribution in [0.3, 0.4) is 0 Å². The highest BCUT2D eigenvalue weighted by Crippen LogP contribution is 2.31. The first-order chi connectivity index (χ1) is 15.2. The van der Waals surface area contributed by atoms with Crippen molar-refractivity contribution in [1.82, 2.24) is 9.38 Å². The first kappa shape index (κ1) is 19.1. The van der Waals surface area contributed by atoms with Crippen molar-refractivity contribution in [2.24, 2.45) is 0 Å². The van der Waals surface area contributed by atoms with E-state index in [4.69, 9.17) is 4.74 Å². The zero-order valence-corrected chi connectivity index (χ0v) is 17.6. The van der Waals surface area contributed by atoms with E-state index in [-0.39, 0.29) is 5.91 Å². The standard InChI is InChI=1S/C25H19N3O2S/c1-30-22-12-11-19(21-16-28-13-3-2-6-24(28)26-21)15-20(22)27-25(29)18-9-7-17(8-10-18)23-5-4-14-31-23/h2-16H,1H3,(H,27,29). The third-order valence-electron chi connectivity index (χ3n) is 5.06. The summed E-state index contributed by atoms with van der Waals surface area (Å²) in [6.45, 7) is 0. The number of carbonyl (C=O) groups excluding carboxylic acids is 1. The molecule has 0 aliphatic rings. The average molecular weight is 426 g/mol. The fourth-order valence-electron chi connectivity index (χ4n) is 3.46. The number of ether oxygens (including phenoxy) is 1. The molecule has 0 aliphatic carbocycles. The van der Waals surface area contributed by atoms with Crippen LogP contribution in [0.2, 0.25) is 0 Å². The molecular weight excluding hydrogens is 406 g/mol. The number of carbonyl (C=O) groups is 1. The Balaban J connectivity index is 1.42. The van der Waals surface area contributed by atoms with Gasteiger partial charge in [-0.05, 0) is 59.5 Å². The Kier molecular flexibility index (Phi) is 4.98. The predicted octanol–water partition coefficient (Wildman–Crippen LogP) is 5.99. The molecule has 3 aromatic heterocycles. The highest BCUT2D eigenvalue weighted by molar-refractivity contribution is 7.13. The molecule has 31 heavy (non-hydrogen) atoms. The molecule has 0 aliphatic heterocycles. The summed E-state index contributed by atoms with van der Waals surface area (Å²) in [6.07, 6.45) is 3.92. The van der Waals surface area contributed by atoms with Crippen molar-refractivity contribution in [1.29, 1.82) is 0 Å². The second kappa shape index (κ2) is 8.08. The first-order valence-corrected chi connectivity index (χ1v) is 10.7. The number of hydrogen-bond acceptors (Lipinski definition) is 4. The van der Waals surface area contributed by atoms with E-state index in [9.17, 15) is 4.79 Å².